The number of rotatable bonds is 4. The van der Waals surface area contributed by atoms with E-state index in [-0.39, 0.29) is 11.6 Å². The van der Waals surface area contributed by atoms with Gasteiger partial charge in [-0.05, 0) is 18.2 Å². The van der Waals surface area contributed by atoms with Gasteiger partial charge in [-0.25, -0.2) is 4.98 Å². The maximum absolute atomic E-state index is 12.1. The first kappa shape index (κ1) is 14.4. The van der Waals surface area contributed by atoms with Crippen molar-refractivity contribution in [2.45, 2.75) is 0 Å². The lowest BCUT2D eigenvalue weighted by atomic mass is 10.2. The van der Waals surface area contributed by atoms with Crippen molar-refractivity contribution in [1.82, 2.24) is 9.97 Å². The zero-order valence-corrected chi connectivity index (χ0v) is 11.5. The molecule has 4 N–H and O–H groups in total. The summed E-state index contributed by atoms with van der Waals surface area (Å²) in [6.45, 7) is 0. The maximum atomic E-state index is 12.1. The van der Waals surface area contributed by atoms with Gasteiger partial charge in [0.1, 0.15) is 5.69 Å². The Morgan fingerprint density at radius 2 is 2.00 bits per heavy atom. The van der Waals surface area contributed by atoms with Crippen LogP contribution in [0.3, 0.4) is 0 Å². The van der Waals surface area contributed by atoms with Crippen LogP contribution in [0.2, 0.25) is 0 Å². The minimum Gasteiger partial charge on any atom is -0.493 e. The SMILES string of the molecule is COc1ccc(C(=O)Nc2cnc(N)[nH]c2=O)cc1OC. The van der Waals surface area contributed by atoms with Crippen LogP contribution in [-0.2, 0) is 0 Å². The Hall–Kier alpha value is -3.03. The number of H-pyrrole nitrogens is 1. The molecule has 0 atom stereocenters. The van der Waals surface area contributed by atoms with E-state index >= 15 is 0 Å². The van der Waals surface area contributed by atoms with Crippen LogP contribution in [0.1, 0.15) is 10.4 Å². The number of amides is 1. The van der Waals surface area contributed by atoms with Gasteiger partial charge < -0.3 is 20.5 Å². The Labute approximate surface area is 119 Å². The van der Waals surface area contributed by atoms with E-state index < -0.39 is 11.5 Å². The van der Waals surface area contributed by atoms with Gasteiger partial charge in [0.15, 0.2) is 17.4 Å². The van der Waals surface area contributed by atoms with E-state index in [9.17, 15) is 9.59 Å². The number of nitrogen functional groups attached to an aromatic ring is 1. The number of nitrogens with two attached hydrogens (primary N) is 1. The van der Waals surface area contributed by atoms with Crippen molar-refractivity contribution < 1.29 is 14.3 Å². The molecular weight excluding hydrogens is 276 g/mol. The van der Waals surface area contributed by atoms with Gasteiger partial charge in [-0.2, -0.15) is 0 Å². The topological polar surface area (TPSA) is 119 Å². The predicted octanol–water partition coefficient (Wildman–Crippen LogP) is 0.622. The molecule has 1 amide bonds. The fourth-order valence-electron chi connectivity index (χ4n) is 1.67. The van der Waals surface area contributed by atoms with Crippen LogP contribution in [0.25, 0.3) is 0 Å². The summed E-state index contributed by atoms with van der Waals surface area (Å²) in [5.41, 5.74) is 5.11. The van der Waals surface area contributed by atoms with Gasteiger partial charge in [-0.1, -0.05) is 0 Å². The van der Waals surface area contributed by atoms with Crippen LogP contribution in [0.5, 0.6) is 11.5 Å². The predicted molar refractivity (Wildman–Crippen MR) is 76.8 cm³/mol. The van der Waals surface area contributed by atoms with Crippen molar-refractivity contribution in [3.8, 4) is 11.5 Å². The average molecular weight is 290 g/mol. The van der Waals surface area contributed by atoms with Crippen LogP contribution in [0.15, 0.2) is 29.2 Å². The van der Waals surface area contributed by atoms with E-state index in [0.717, 1.165) is 0 Å². The second-order valence-corrected chi connectivity index (χ2v) is 4.04. The van der Waals surface area contributed by atoms with Crippen LogP contribution >= 0.6 is 0 Å². The number of nitrogens with one attached hydrogen (secondary N) is 2. The highest BCUT2D eigenvalue weighted by atomic mass is 16.5. The molecule has 8 heteroatoms. The van der Waals surface area contributed by atoms with Crippen molar-refractivity contribution >= 4 is 17.5 Å². The number of methoxy groups -OCH3 is 2. The first-order chi connectivity index (χ1) is 10.0. The molecule has 0 bridgehead atoms. The van der Waals surface area contributed by atoms with Gasteiger partial charge >= 0.3 is 0 Å². The van der Waals surface area contributed by atoms with E-state index in [1.54, 1.807) is 12.1 Å². The molecule has 0 aliphatic rings. The van der Waals surface area contributed by atoms with E-state index in [2.05, 4.69) is 15.3 Å². The number of nitrogens with zero attached hydrogens (tertiary/aromatic N) is 1. The van der Waals surface area contributed by atoms with Gasteiger partial charge in [-0.3, -0.25) is 14.6 Å². The van der Waals surface area contributed by atoms with Gasteiger partial charge in [0.2, 0.25) is 0 Å². The quantitative estimate of drug-likeness (QED) is 0.759. The summed E-state index contributed by atoms with van der Waals surface area (Å²) < 4.78 is 10.2. The number of carbonyl (C=O) groups is 1. The summed E-state index contributed by atoms with van der Waals surface area (Å²) in [6.07, 6.45) is 1.19. The molecule has 0 unspecified atom stereocenters. The summed E-state index contributed by atoms with van der Waals surface area (Å²) in [6, 6.07) is 4.65. The van der Waals surface area contributed by atoms with Crippen LogP contribution in [0.4, 0.5) is 11.6 Å². The minimum absolute atomic E-state index is 0.00369. The van der Waals surface area contributed by atoms with E-state index in [0.29, 0.717) is 17.1 Å². The maximum Gasteiger partial charge on any atom is 0.276 e. The van der Waals surface area contributed by atoms with Crippen LogP contribution < -0.4 is 26.1 Å². The van der Waals surface area contributed by atoms with Crippen molar-refractivity contribution in [2.75, 3.05) is 25.3 Å². The molecule has 0 radical (unpaired) electrons. The van der Waals surface area contributed by atoms with Crippen LogP contribution in [0, 0.1) is 0 Å². The molecule has 0 aliphatic heterocycles. The molecule has 0 spiro atoms. The Kier molecular flexibility index (Phi) is 4.07. The molecule has 2 aromatic rings. The second kappa shape index (κ2) is 5.95. The third-order valence-corrected chi connectivity index (χ3v) is 2.71. The molecule has 0 saturated heterocycles. The van der Waals surface area contributed by atoms with E-state index in [1.807, 2.05) is 0 Å². The summed E-state index contributed by atoms with van der Waals surface area (Å²) >= 11 is 0. The molecule has 0 aliphatic carbocycles. The normalized spacial score (nSPS) is 10.0. The number of benzene rings is 1. The fraction of sp³-hybridized carbons (Fsp3) is 0.154. The van der Waals surface area contributed by atoms with Crippen molar-refractivity contribution in [3.05, 3.63) is 40.3 Å². The molecular formula is C13H14N4O4. The lowest BCUT2D eigenvalue weighted by Crippen LogP contribution is -2.21. The number of carbonyl (C=O) groups excluding carboxylic acids is 1. The van der Waals surface area contributed by atoms with E-state index in [4.69, 9.17) is 15.2 Å². The van der Waals surface area contributed by atoms with Crippen molar-refractivity contribution in [3.63, 3.8) is 0 Å². The molecule has 0 saturated carbocycles. The molecule has 1 heterocycles. The molecule has 8 nitrogen and oxygen atoms in total. The highest BCUT2D eigenvalue weighted by Gasteiger charge is 2.12. The number of anilines is 2. The van der Waals surface area contributed by atoms with Gasteiger partial charge in [0, 0.05) is 5.56 Å². The standard InChI is InChI=1S/C13H14N4O4/c1-20-9-4-3-7(5-10(9)21-2)11(18)16-8-6-15-13(14)17-12(8)19/h3-6H,1-2H3,(H,16,18)(H3,14,15,17,19). The molecule has 0 fully saturated rings. The first-order valence-electron chi connectivity index (χ1n) is 5.93. The highest BCUT2D eigenvalue weighted by Crippen LogP contribution is 2.27. The average Bonchev–Trinajstić information content (AvgIpc) is 2.49. The van der Waals surface area contributed by atoms with Gasteiger partial charge in [0.25, 0.3) is 11.5 Å². The molecule has 1 aromatic carbocycles. The summed E-state index contributed by atoms with van der Waals surface area (Å²) in [4.78, 5) is 29.7. The molecule has 110 valence electrons. The number of hydrogen-bond donors (Lipinski definition) is 3. The Bertz CT molecular complexity index is 726. The molecule has 2 rings (SSSR count). The molecule has 21 heavy (non-hydrogen) atoms. The second-order valence-electron chi connectivity index (χ2n) is 4.04. The number of aromatic nitrogens is 2. The third-order valence-electron chi connectivity index (χ3n) is 2.71. The lowest BCUT2D eigenvalue weighted by molar-refractivity contribution is 0.102. The lowest BCUT2D eigenvalue weighted by Gasteiger charge is -2.09. The van der Waals surface area contributed by atoms with E-state index in [1.165, 1.54) is 26.5 Å². The van der Waals surface area contributed by atoms with Gasteiger partial charge in [0.05, 0.1) is 20.4 Å². The Balaban J connectivity index is 2.26. The Morgan fingerprint density at radius 1 is 1.29 bits per heavy atom. The number of aromatic amines is 1. The summed E-state index contributed by atoms with van der Waals surface area (Å²) in [5, 5.41) is 2.45. The number of hydrogen-bond acceptors (Lipinski definition) is 6. The van der Waals surface area contributed by atoms with Crippen LogP contribution in [-0.4, -0.2) is 30.1 Å². The summed E-state index contributed by atoms with van der Waals surface area (Å²) in [5.74, 6) is 0.410. The van der Waals surface area contributed by atoms with Crippen molar-refractivity contribution in [2.24, 2.45) is 0 Å². The zero-order valence-electron chi connectivity index (χ0n) is 11.5. The van der Waals surface area contributed by atoms with Crippen molar-refractivity contribution in [1.29, 1.82) is 0 Å². The summed E-state index contributed by atoms with van der Waals surface area (Å²) in [7, 11) is 2.96. The minimum atomic E-state index is -0.531. The molecule has 1 aromatic heterocycles. The first-order valence-corrected chi connectivity index (χ1v) is 5.93. The zero-order chi connectivity index (χ0) is 15.4. The van der Waals surface area contributed by atoms with Gasteiger partial charge in [-0.15, -0.1) is 0 Å². The third kappa shape index (κ3) is 3.11. The fourth-order valence-corrected chi connectivity index (χ4v) is 1.67. The number of ether oxygens (including phenoxy) is 2. The largest absolute Gasteiger partial charge is 0.493 e. The monoisotopic (exact) mass is 290 g/mol. The highest BCUT2D eigenvalue weighted by molar-refractivity contribution is 6.04. The smallest absolute Gasteiger partial charge is 0.276 e. The Morgan fingerprint density at radius 3 is 2.62 bits per heavy atom.